The summed E-state index contributed by atoms with van der Waals surface area (Å²) in [6, 6.07) is 27.6. The highest BCUT2D eigenvalue weighted by atomic mass is 31.2. The van der Waals surface area contributed by atoms with Crippen molar-refractivity contribution in [1.82, 2.24) is 0 Å². The highest BCUT2D eigenvalue weighted by molar-refractivity contribution is 7.49. The highest BCUT2D eigenvalue weighted by Crippen LogP contribution is 2.41. The average Bonchev–Trinajstić information content (AvgIpc) is 2.73. The van der Waals surface area contributed by atoms with Gasteiger partial charge in [0.05, 0.1) is 23.5 Å². The highest BCUT2D eigenvalue weighted by Gasteiger charge is 2.20. The predicted octanol–water partition coefficient (Wildman–Crippen LogP) is 5.21. The van der Waals surface area contributed by atoms with Crippen LogP contribution < -0.4 is 9.05 Å². The third-order valence-electron chi connectivity index (χ3n) is 3.65. The topological polar surface area (TPSA) is 74.8 Å². The zero-order valence-electron chi connectivity index (χ0n) is 14.4. The summed E-state index contributed by atoms with van der Waals surface area (Å²) in [6.45, 7) is 0. The zero-order valence-corrected chi connectivity index (χ0v) is 15.3. The molecule has 3 aromatic carbocycles. The quantitative estimate of drug-likeness (QED) is 0.266. The summed E-state index contributed by atoms with van der Waals surface area (Å²) in [4.78, 5) is 0. The van der Waals surface area contributed by atoms with Crippen LogP contribution in [0.2, 0.25) is 0 Å². The molecule has 0 aliphatic heterocycles. The molecule has 3 rings (SSSR count). The van der Waals surface area contributed by atoms with Crippen LogP contribution in [0.15, 0.2) is 90.1 Å². The second-order valence-corrected chi connectivity index (χ2v) is 6.88. The van der Waals surface area contributed by atoms with Crippen LogP contribution in [0.4, 0.5) is 0 Å². The summed E-state index contributed by atoms with van der Waals surface area (Å²) >= 11 is 0. The number of nitriles is 1. The van der Waals surface area contributed by atoms with E-state index in [2.05, 4.69) is 11.2 Å². The fourth-order valence-corrected chi connectivity index (χ4v) is 3.69. The molecule has 0 spiro atoms. The van der Waals surface area contributed by atoms with Gasteiger partial charge < -0.3 is 14.3 Å². The summed E-state index contributed by atoms with van der Waals surface area (Å²) in [5.74, 6) is 1.35. The second kappa shape index (κ2) is 9.38. The lowest BCUT2D eigenvalue weighted by Gasteiger charge is -2.19. The van der Waals surface area contributed by atoms with Crippen molar-refractivity contribution in [3.05, 3.63) is 96.1 Å². The molecule has 27 heavy (non-hydrogen) atoms. The molecule has 0 unspecified atom stereocenters. The van der Waals surface area contributed by atoms with Gasteiger partial charge in [-0.25, -0.2) is 0 Å². The molecule has 0 bridgehead atoms. The van der Waals surface area contributed by atoms with Gasteiger partial charge in [0.2, 0.25) is 0 Å². The van der Waals surface area contributed by atoms with E-state index >= 15 is 0 Å². The first-order valence-corrected chi connectivity index (χ1v) is 9.60. The minimum Gasteiger partial charge on any atom is -0.438 e. The molecule has 0 fully saturated rings. The first-order valence-electron chi connectivity index (χ1n) is 8.23. The van der Waals surface area contributed by atoms with E-state index in [-0.39, 0.29) is 6.16 Å². The van der Waals surface area contributed by atoms with Gasteiger partial charge in [0.15, 0.2) is 0 Å². The minimum absolute atomic E-state index is 0.279. The van der Waals surface area contributed by atoms with Gasteiger partial charge in [-0.2, -0.15) is 5.26 Å². The standard InChI is InChI=1S/C21H17N2O3P/c22-15-17-11-13-18(14-12-17)21(23-24)16-27(25-19-7-3-1-4-8-19)26-20-9-5-2-6-10-20/h1-14,24H,16H2. The minimum atomic E-state index is -1.45. The average molecular weight is 376 g/mol. The number of oxime groups is 1. The van der Waals surface area contributed by atoms with Crippen LogP contribution in [-0.4, -0.2) is 17.1 Å². The van der Waals surface area contributed by atoms with Crippen LogP contribution in [0, 0.1) is 11.3 Å². The Morgan fingerprint density at radius 1 is 0.852 bits per heavy atom. The SMILES string of the molecule is N#Cc1ccc(C(CP(Oc2ccccc2)Oc2ccccc2)=NO)cc1. The van der Waals surface area contributed by atoms with E-state index in [1.165, 1.54) is 0 Å². The lowest BCUT2D eigenvalue weighted by Crippen LogP contribution is -2.11. The van der Waals surface area contributed by atoms with Crippen molar-refractivity contribution in [2.45, 2.75) is 0 Å². The molecule has 0 aliphatic carbocycles. The molecule has 0 atom stereocenters. The second-order valence-electron chi connectivity index (χ2n) is 5.54. The smallest absolute Gasteiger partial charge is 0.296 e. The van der Waals surface area contributed by atoms with Gasteiger partial charge in [-0.15, -0.1) is 0 Å². The van der Waals surface area contributed by atoms with Crippen molar-refractivity contribution in [1.29, 1.82) is 5.26 Å². The summed E-state index contributed by atoms with van der Waals surface area (Å²) in [5, 5.41) is 21.9. The molecule has 0 radical (unpaired) electrons. The summed E-state index contributed by atoms with van der Waals surface area (Å²) in [7, 11) is -1.45. The Kier molecular flexibility index (Phi) is 6.40. The third kappa shape index (κ3) is 5.31. The maximum absolute atomic E-state index is 9.51. The van der Waals surface area contributed by atoms with Crippen molar-refractivity contribution in [2.24, 2.45) is 5.16 Å². The number of hydrogen-bond acceptors (Lipinski definition) is 5. The molecule has 0 aromatic heterocycles. The number of rotatable bonds is 7. The van der Waals surface area contributed by atoms with Gasteiger partial charge in [0, 0.05) is 5.56 Å². The number of hydrogen-bond donors (Lipinski definition) is 1. The van der Waals surface area contributed by atoms with Gasteiger partial charge in [0.25, 0.3) is 8.38 Å². The Balaban J connectivity index is 1.81. The van der Waals surface area contributed by atoms with Crippen molar-refractivity contribution in [3.63, 3.8) is 0 Å². The van der Waals surface area contributed by atoms with Gasteiger partial charge in [-0.1, -0.05) is 53.7 Å². The molecule has 3 aromatic rings. The van der Waals surface area contributed by atoms with Crippen LogP contribution in [-0.2, 0) is 0 Å². The molecule has 0 amide bonds. The van der Waals surface area contributed by atoms with Crippen LogP contribution >= 0.6 is 8.38 Å². The Morgan fingerprint density at radius 2 is 1.37 bits per heavy atom. The fourth-order valence-electron chi connectivity index (χ4n) is 2.32. The predicted molar refractivity (Wildman–Crippen MR) is 105 cm³/mol. The van der Waals surface area contributed by atoms with Gasteiger partial charge in [-0.05, 0) is 36.4 Å². The molecule has 0 saturated heterocycles. The van der Waals surface area contributed by atoms with E-state index in [0.29, 0.717) is 28.3 Å². The maximum atomic E-state index is 9.51. The van der Waals surface area contributed by atoms with E-state index in [0.717, 1.165) is 0 Å². The molecule has 0 aliphatic rings. The van der Waals surface area contributed by atoms with Gasteiger partial charge in [0.1, 0.15) is 11.5 Å². The molecule has 5 nitrogen and oxygen atoms in total. The monoisotopic (exact) mass is 376 g/mol. The first-order chi connectivity index (χ1) is 13.3. The number of para-hydroxylation sites is 2. The van der Waals surface area contributed by atoms with Gasteiger partial charge in [-0.3, -0.25) is 0 Å². The van der Waals surface area contributed by atoms with Crippen molar-refractivity contribution >= 4 is 14.1 Å². The fraction of sp³-hybridized carbons (Fsp3) is 0.0476. The lowest BCUT2D eigenvalue weighted by molar-refractivity contribution is 0.319. The Bertz CT molecular complexity index is 882. The van der Waals surface area contributed by atoms with Crippen molar-refractivity contribution in [3.8, 4) is 17.6 Å². The molecular formula is C21H17N2O3P. The molecule has 1 N–H and O–H groups in total. The van der Waals surface area contributed by atoms with E-state index in [1.807, 2.05) is 60.7 Å². The Hall–Kier alpha value is -3.35. The van der Waals surface area contributed by atoms with E-state index in [1.54, 1.807) is 24.3 Å². The first kappa shape index (κ1) is 18.4. The molecule has 6 heteroatoms. The Morgan fingerprint density at radius 3 is 1.81 bits per heavy atom. The number of nitrogens with zero attached hydrogens (tertiary/aromatic N) is 2. The van der Waals surface area contributed by atoms with Crippen LogP contribution in [0.25, 0.3) is 0 Å². The maximum Gasteiger partial charge on any atom is 0.296 e. The number of benzene rings is 3. The Labute approximate surface area is 159 Å². The molecule has 0 heterocycles. The van der Waals surface area contributed by atoms with E-state index in [9.17, 15) is 5.21 Å². The van der Waals surface area contributed by atoms with Crippen LogP contribution in [0.5, 0.6) is 11.5 Å². The third-order valence-corrected chi connectivity index (χ3v) is 5.03. The zero-order chi connectivity index (χ0) is 18.9. The van der Waals surface area contributed by atoms with Gasteiger partial charge >= 0.3 is 0 Å². The lowest BCUT2D eigenvalue weighted by atomic mass is 10.1. The molecule has 134 valence electrons. The molecule has 0 saturated carbocycles. The van der Waals surface area contributed by atoms with E-state index in [4.69, 9.17) is 14.3 Å². The van der Waals surface area contributed by atoms with E-state index < -0.39 is 8.38 Å². The molecular weight excluding hydrogens is 359 g/mol. The van der Waals surface area contributed by atoms with Crippen LogP contribution in [0.3, 0.4) is 0 Å². The summed E-state index contributed by atoms with van der Waals surface area (Å²) in [5.41, 5.74) is 1.68. The summed E-state index contributed by atoms with van der Waals surface area (Å²) in [6.07, 6.45) is 0.279. The normalized spacial score (nSPS) is 11.0. The van der Waals surface area contributed by atoms with Crippen molar-refractivity contribution in [2.75, 3.05) is 6.16 Å². The van der Waals surface area contributed by atoms with Crippen molar-refractivity contribution < 1.29 is 14.3 Å². The summed E-state index contributed by atoms with van der Waals surface area (Å²) < 4.78 is 12.0. The van der Waals surface area contributed by atoms with Crippen LogP contribution in [0.1, 0.15) is 11.1 Å². The largest absolute Gasteiger partial charge is 0.438 e.